The van der Waals surface area contributed by atoms with E-state index in [1.807, 2.05) is 0 Å². The summed E-state index contributed by atoms with van der Waals surface area (Å²) in [6, 6.07) is 0.460. The van der Waals surface area contributed by atoms with E-state index in [9.17, 15) is 0 Å². The molecule has 0 aliphatic rings. The first-order valence-corrected chi connectivity index (χ1v) is 8.77. The summed E-state index contributed by atoms with van der Waals surface area (Å²) in [5, 5.41) is 0. The van der Waals surface area contributed by atoms with Crippen molar-refractivity contribution in [1.82, 2.24) is 0 Å². The van der Waals surface area contributed by atoms with Gasteiger partial charge in [-0.25, -0.2) is 0 Å². The van der Waals surface area contributed by atoms with Crippen molar-refractivity contribution in [2.75, 3.05) is 6.54 Å². The van der Waals surface area contributed by atoms with Crippen molar-refractivity contribution in [1.29, 1.82) is 0 Å². The van der Waals surface area contributed by atoms with Gasteiger partial charge in [0.25, 0.3) is 0 Å². The summed E-state index contributed by atoms with van der Waals surface area (Å²) < 4.78 is 0. The van der Waals surface area contributed by atoms with Crippen molar-refractivity contribution in [2.24, 2.45) is 11.5 Å². The van der Waals surface area contributed by atoms with Crippen LogP contribution in [0.5, 0.6) is 0 Å². The lowest BCUT2D eigenvalue weighted by Gasteiger charge is -2.11. The minimum Gasteiger partial charge on any atom is -0.330 e. The molecule has 0 rings (SSSR count). The zero-order chi connectivity index (χ0) is 14.2. The van der Waals surface area contributed by atoms with E-state index in [-0.39, 0.29) is 0 Å². The minimum atomic E-state index is 0.460. The Kier molecular flexibility index (Phi) is 15.9. The van der Waals surface area contributed by atoms with E-state index in [0.717, 1.165) is 6.54 Å². The smallest absolute Gasteiger partial charge is 0.00388 e. The molecule has 0 heterocycles. The highest BCUT2D eigenvalue weighted by atomic mass is 14.6. The Morgan fingerprint density at radius 3 is 1.53 bits per heavy atom. The SMILES string of the molecule is CCCCCCC(N)CCCCCCCCCCN. The van der Waals surface area contributed by atoms with Crippen molar-refractivity contribution in [2.45, 2.75) is 103 Å². The Bertz CT molecular complexity index is 159. The number of rotatable bonds is 15. The molecule has 0 aromatic rings. The molecular formula is C17H38N2. The van der Waals surface area contributed by atoms with Crippen molar-refractivity contribution < 1.29 is 0 Å². The number of nitrogens with two attached hydrogens (primary N) is 2. The third-order valence-corrected chi connectivity index (χ3v) is 3.96. The second-order valence-electron chi connectivity index (χ2n) is 6.02. The molecule has 0 saturated heterocycles. The lowest BCUT2D eigenvalue weighted by Crippen LogP contribution is -2.19. The van der Waals surface area contributed by atoms with Crippen LogP contribution in [0, 0.1) is 0 Å². The van der Waals surface area contributed by atoms with Crippen LogP contribution in [-0.4, -0.2) is 12.6 Å². The van der Waals surface area contributed by atoms with Crippen molar-refractivity contribution in [3.8, 4) is 0 Å². The van der Waals surface area contributed by atoms with Gasteiger partial charge < -0.3 is 11.5 Å². The van der Waals surface area contributed by atoms with Crippen molar-refractivity contribution in [3.05, 3.63) is 0 Å². The largest absolute Gasteiger partial charge is 0.330 e. The lowest BCUT2D eigenvalue weighted by atomic mass is 10.0. The molecule has 0 radical (unpaired) electrons. The van der Waals surface area contributed by atoms with E-state index < -0.39 is 0 Å². The highest BCUT2D eigenvalue weighted by Crippen LogP contribution is 2.12. The van der Waals surface area contributed by atoms with Gasteiger partial charge in [0.05, 0.1) is 0 Å². The van der Waals surface area contributed by atoms with Gasteiger partial charge >= 0.3 is 0 Å². The van der Waals surface area contributed by atoms with Gasteiger partial charge in [-0.15, -0.1) is 0 Å². The van der Waals surface area contributed by atoms with E-state index in [1.54, 1.807) is 0 Å². The van der Waals surface area contributed by atoms with Crippen LogP contribution in [0.4, 0.5) is 0 Å². The molecule has 2 heteroatoms. The first-order chi connectivity index (χ1) is 9.31. The molecule has 0 aliphatic carbocycles. The Hall–Kier alpha value is -0.0800. The zero-order valence-corrected chi connectivity index (χ0v) is 13.3. The molecule has 2 nitrogen and oxygen atoms in total. The maximum absolute atomic E-state index is 6.14. The average Bonchev–Trinajstić information content (AvgIpc) is 2.42. The fourth-order valence-corrected chi connectivity index (χ4v) is 2.59. The standard InChI is InChI=1S/C17H38N2/c1-2-3-4-11-14-17(19)15-12-9-7-5-6-8-10-13-16-18/h17H,2-16,18-19H2,1H3. The summed E-state index contributed by atoms with van der Waals surface area (Å²) in [5.74, 6) is 0. The quantitative estimate of drug-likeness (QED) is 0.422. The van der Waals surface area contributed by atoms with Crippen LogP contribution in [0.2, 0.25) is 0 Å². The van der Waals surface area contributed by atoms with Gasteiger partial charge in [-0.3, -0.25) is 0 Å². The molecule has 116 valence electrons. The first-order valence-electron chi connectivity index (χ1n) is 8.77. The Labute approximate surface area is 121 Å². The van der Waals surface area contributed by atoms with Gasteiger partial charge in [0.1, 0.15) is 0 Å². The Morgan fingerprint density at radius 1 is 0.632 bits per heavy atom. The second-order valence-corrected chi connectivity index (χ2v) is 6.02. The maximum atomic E-state index is 6.14. The molecule has 0 fully saturated rings. The third-order valence-electron chi connectivity index (χ3n) is 3.96. The van der Waals surface area contributed by atoms with Gasteiger partial charge in [-0.05, 0) is 25.8 Å². The van der Waals surface area contributed by atoms with E-state index in [2.05, 4.69) is 6.92 Å². The number of unbranched alkanes of at least 4 members (excludes halogenated alkanes) is 10. The normalized spacial score (nSPS) is 12.8. The van der Waals surface area contributed by atoms with Gasteiger partial charge in [-0.1, -0.05) is 77.6 Å². The monoisotopic (exact) mass is 270 g/mol. The van der Waals surface area contributed by atoms with Gasteiger partial charge in [0.2, 0.25) is 0 Å². The molecule has 0 spiro atoms. The summed E-state index contributed by atoms with van der Waals surface area (Å²) in [7, 11) is 0. The van der Waals surface area contributed by atoms with Crippen LogP contribution in [0.3, 0.4) is 0 Å². The maximum Gasteiger partial charge on any atom is 0.00388 e. The van der Waals surface area contributed by atoms with Crippen molar-refractivity contribution in [3.63, 3.8) is 0 Å². The van der Waals surface area contributed by atoms with Crippen LogP contribution in [0.1, 0.15) is 96.8 Å². The summed E-state index contributed by atoms with van der Waals surface area (Å²) >= 11 is 0. The molecule has 1 atom stereocenters. The number of hydrogen-bond donors (Lipinski definition) is 2. The molecule has 0 aromatic heterocycles. The molecule has 0 saturated carbocycles. The highest BCUT2D eigenvalue weighted by Gasteiger charge is 2.01. The van der Waals surface area contributed by atoms with E-state index in [1.165, 1.54) is 89.9 Å². The molecule has 0 amide bonds. The topological polar surface area (TPSA) is 52.0 Å². The first kappa shape index (κ1) is 18.9. The van der Waals surface area contributed by atoms with E-state index in [0.29, 0.717) is 6.04 Å². The van der Waals surface area contributed by atoms with Crippen LogP contribution in [0.15, 0.2) is 0 Å². The van der Waals surface area contributed by atoms with Crippen LogP contribution >= 0.6 is 0 Å². The van der Waals surface area contributed by atoms with Gasteiger partial charge in [-0.2, -0.15) is 0 Å². The molecule has 0 aromatic carbocycles. The lowest BCUT2D eigenvalue weighted by molar-refractivity contribution is 0.485. The molecule has 0 aliphatic heterocycles. The number of hydrogen-bond acceptors (Lipinski definition) is 2. The van der Waals surface area contributed by atoms with E-state index in [4.69, 9.17) is 11.5 Å². The average molecular weight is 271 g/mol. The Balaban J connectivity index is 3.07. The highest BCUT2D eigenvalue weighted by molar-refractivity contribution is 4.61. The summed E-state index contributed by atoms with van der Waals surface area (Å²) in [6.07, 6.45) is 18.6. The fourth-order valence-electron chi connectivity index (χ4n) is 2.59. The van der Waals surface area contributed by atoms with Crippen molar-refractivity contribution >= 4 is 0 Å². The molecule has 1 unspecified atom stereocenters. The van der Waals surface area contributed by atoms with Crippen LogP contribution < -0.4 is 11.5 Å². The molecule has 0 bridgehead atoms. The summed E-state index contributed by atoms with van der Waals surface area (Å²) in [6.45, 7) is 3.12. The second kappa shape index (κ2) is 16.0. The molecule has 19 heavy (non-hydrogen) atoms. The van der Waals surface area contributed by atoms with Gasteiger partial charge in [0.15, 0.2) is 0 Å². The third kappa shape index (κ3) is 15.9. The van der Waals surface area contributed by atoms with Gasteiger partial charge in [0, 0.05) is 6.04 Å². The predicted octanol–water partition coefficient (Wildman–Crippen LogP) is 4.75. The van der Waals surface area contributed by atoms with Crippen LogP contribution in [-0.2, 0) is 0 Å². The fraction of sp³-hybridized carbons (Fsp3) is 1.00. The summed E-state index contributed by atoms with van der Waals surface area (Å²) in [4.78, 5) is 0. The van der Waals surface area contributed by atoms with E-state index >= 15 is 0 Å². The predicted molar refractivity (Wildman–Crippen MR) is 87.3 cm³/mol. The molecule has 4 N–H and O–H groups in total. The zero-order valence-electron chi connectivity index (χ0n) is 13.3. The molecular weight excluding hydrogens is 232 g/mol. The minimum absolute atomic E-state index is 0.460. The Morgan fingerprint density at radius 2 is 1.05 bits per heavy atom. The van der Waals surface area contributed by atoms with Crippen LogP contribution in [0.25, 0.3) is 0 Å². The summed E-state index contributed by atoms with van der Waals surface area (Å²) in [5.41, 5.74) is 11.6.